The van der Waals surface area contributed by atoms with Crippen molar-refractivity contribution < 1.29 is 23.4 Å². The molecule has 4 heterocycles. The number of aromatic nitrogens is 4. The molecule has 214 valence electrons. The Bertz CT molecular complexity index is 1520. The SMILES string of the molecule is C#C[C@]1(CO[Si](C)(C)C(C)(C)C)O[C@@H](n2ccc3c(N)nc(Cl)nc32)C[C@@H]1OC(=O)OCc1cccn(C)c1=O. The average Bonchev–Trinajstić information content (AvgIpc) is 3.45. The molecule has 13 heteroatoms. The van der Waals surface area contributed by atoms with Crippen molar-refractivity contribution >= 4 is 42.9 Å². The molecule has 0 spiro atoms. The molecule has 0 saturated carbocycles. The van der Waals surface area contributed by atoms with E-state index < -0.39 is 32.4 Å². The summed E-state index contributed by atoms with van der Waals surface area (Å²) in [6.45, 7) is 10.2. The number of fused-ring (bicyclic) bond motifs is 1. The van der Waals surface area contributed by atoms with Gasteiger partial charge in [-0.05, 0) is 47.9 Å². The Balaban J connectivity index is 1.62. The van der Waals surface area contributed by atoms with E-state index in [0.29, 0.717) is 16.6 Å². The van der Waals surface area contributed by atoms with Crippen LogP contribution in [-0.4, -0.2) is 51.9 Å². The van der Waals surface area contributed by atoms with Crippen LogP contribution in [0.25, 0.3) is 11.0 Å². The molecule has 3 aromatic rings. The Kier molecular flexibility index (Phi) is 8.06. The number of hydrogen-bond acceptors (Lipinski definition) is 9. The molecule has 0 unspecified atom stereocenters. The molecule has 0 aliphatic carbocycles. The second-order valence-corrected chi connectivity index (χ2v) is 16.5. The van der Waals surface area contributed by atoms with Gasteiger partial charge in [-0.1, -0.05) is 26.7 Å². The Hall–Kier alpha value is -3.37. The second kappa shape index (κ2) is 10.9. The minimum Gasteiger partial charge on any atom is -0.429 e. The van der Waals surface area contributed by atoms with Crippen molar-refractivity contribution in [2.24, 2.45) is 7.05 Å². The molecule has 0 bridgehead atoms. The normalized spacial score (nSPS) is 21.4. The summed E-state index contributed by atoms with van der Waals surface area (Å²) in [6.07, 6.45) is 6.95. The van der Waals surface area contributed by atoms with E-state index in [1.165, 1.54) is 4.57 Å². The summed E-state index contributed by atoms with van der Waals surface area (Å²) in [5.74, 6) is 2.92. The number of ether oxygens (including phenoxy) is 3. The van der Waals surface area contributed by atoms with Crippen LogP contribution in [-0.2, 0) is 32.3 Å². The Morgan fingerprint density at radius 2 is 2.05 bits per heavy atom. The van der Waals surface area contributed by atoms with E-state index in [0.717, 1.165) is 0 Å². The lowest BCUT2D eigenvalue weighted by Crippen LogP contribution is -2.50. The third-order valence-electron chi connectivity index (χ3n) is 7.65. The Labute approximate surface area is 238 Å². The zero-order valence-electron chi connectivity index (χ0n) is 23.4. The van der Waals surface area contributed by atoms with Crippen molar-refractivity contribution in [1.82, 2.24) is 19.1 Å². The highest BCUT2D eigenvalue weighted by atomic mass is 35.5. The summed E-state index contributed by atoms with van der Waals surface area (Å²) in [4.78, 5) is 33.5. The maximum absolute atomic E-state index is 12.9. The van der Waals surface area contributed by atoms with Gasteiger partial charge in [0.2, 0.25) is 5.28 Å². The molecule has 0 aromatic carbocycles. The molecule has 1 fully saturated rings. The van der Waals surface area contributed by atoms with Gasteiger partial charge in [0.25, 0.3) is 5.56 Å². The fourth-order valence-corrected chi connectivity index (χ4v) is 5.34. The first-order chi connectivity index (χ1) is 18.7. The van der Waals surface area contributed by atoms with Crippen LogP contribution in [0.1, 0.15) is 39.0 Å². The van der Waals surface area contributed by atoms with Crippen LogP contribution in [0.2, 0.25) is 23.4 Å². The van der Waals surface area contributed by atoms with Crippen molar-refractivity contribution in [2.45, 2.75) is 69.9 Å². The lowest BCUT2D eigenvalue weighted by Gasteiger charge is -2.39. The lowest BCUT2D eigenvalue weighted by molar-refractivity contribution is -0.0954. The summed E-state index contributed by atoms with van der Waals surface area (Å²) < 4.78 is 27.1. The number of carbonyl (C=O) groups is 1. The van der Waals surface area contributed by atoms with Crippen LogP contribution >= 0.6 is 11.6 Å². The van der Waals surface area contributed by atoms with Crippen molar-refractivity contribution in [2.75, 3.05) is 12.3 Å². The monoisotopic (exact) mass is 587 g/mol. The zero-order valence-corrected chi connectivity index (χ0v) is 25.2. The quantitative estimate of drug-likeness (QED) is 0.185. The van der Waals surface area contributed by atoms with E-state index in [9.17, 15) is 9.59 Å². The van der Waals surface area contributed by atoms with Crippen LogP contribution in [0.15, 0.2) is 35.4 Å². The highest BCUT2D eigenvalue weighted by Crippen LogP contribution is 2.43. The van der Waals surface area contributed by atoms with Crippen LogP contribution in [0, 0.1) is 12.3 Å². The molecule has 1 aliphatic heterocycles. The van der Waals surface area contributed by atoms with Crippen molar-refractivity contribution in [3.8, 4) is 12.3 Å². The van der Waals surface area contributed by atoms with Crippen LogP contribution < -0.4 is 11.3 Å². The highest BCUT2D eigenvalue weighted by molar-refractivity contribution is 6.74. The van der Waals surface area contributed by atoms with E-state index in [2.05, 4.69) is 49.8 Å². The van der Waals surface area contributed by atoms with Crippen LogP contribution in [0.5, 0.6) is 0 Å². The highest BCUT2D eigenvalue weighted by Gasteiger charge is 2.53. The minimum atomic E-state index is -2.27. The standard InChI is InChI=1S/C27H34ClN5O6Si/c1-8-27(16-37-40(6,7)26(2,3)4)19(38-25(35)36-15-17-10-9-12-32(5)23(17)34)14-20(39-27)33-13-11-18-21(29)30-24(28)31-22(18)33/h1,9-13,19-20H,14-16H2,2-7H3,(H2,29,30,31)/t19-,20+,27+/m0/s1. The number of rotatable bonds is 7. The van der Waals surface area contributed by atoms with Gasteiger partial charge in [0.15, 0.2) is 20.0 Å². The first-order valence-corrected chi connectivity index (χ1v) is 16.0. The maximum Gasteiger partial charge on any atom is 0.509 e. The summed E-state index contributed by atoms with van der Waals surface area (Å²) in [5, 5.41) is 0.473. The smallest absolute Gasteiger partial charge is 0.429 e. The fourth-order valence-electron chi connectivity index (χ4n) is 4.17. The number of terminal acetylenes is 1. The molecular formula is C27H34ClN5O6Si. The number of hydrogen-bond donors (Lipinski definition) is 1. The summed E-state index contributed by atoms with van der Waals surface area (Å²) >= 11 is 6.08. The molecule has 3 atom stereocenters. The fraction of sp³-hybridized carbons (Fsp3) is 0.481. The number of nitrogens with two attached hydrogens (primary N) is 1. The molecule has 1 saturated heterocycles. The molecule has 11 nitrogen and oxygen atoms in total. The summed E-state index contributed by atoms with van der Waals surface area (Å²) in [6, 6.07) is 5.02. The molecule has 40 heavy (non-hydrogen) atoms. The van der Waals surface area contributed by atoms with E-state index in [1.807, 2.05) is 0 Å². The number of anilines is 1. The van der Waals surface area contributed by atoms with E-state index in [4.69, 9.17) is 42.4 Å². The number of carbonyl (C=O) groups excluding carboxylic acids is 1. The number of aryl methyl sites for hydroxylation is 1. The minimum absolute atomic E-state index is 0.00918. The van der Waals surface area contributed by atoms with E-state index in [1.54, 1.807) is 42.2 Å². The van der Waals surface area contributed by atoms with Gasteiger partial charge in [0, 0.05) is 25.9 Å². The van der Waals surface area contributed by atoms with Gasteiger partial charge in [-0.2, -0.15) is 4.98 Å². The zero-order chi connectivity index (χ0) is 29.5. The van der Waals surface area contributed by atoms with Crippen molar-refractivity contribution in [3.05, 3.63) is 51.8 Å². The largest absolute Gasteiger partial charge is 0.509 e. The van der Waals surface area contributed by atoms with Crippen molar-refractivity contribution in [1.29, 1.82) is 0 Å². The number of pyridine rings is 1. The van der Waals surface area contributed by atoms with E-state index in [-0.39, 0.29) is 41.3 Å². The average molecular weight is 588 g/mol. The predicted octanol–water partition coefficient (Wildman–Crippen LogP) is 4.40. The second-order valence-electron chi connectivity index (χ2n) is 11.3. The van der Waals surface area contributed by atoms with Crippen LogP contribution in [0.4, 0.5) is 10.6 Å². The molecule has 0 amide bonds. The molecule has 2 N–H and O–H groups in total. The topological polar surface area (TPSA) is 133 Å². The van der Waals surface area contributed by atoms with E-state index >= 15 is 0 Å². The van der Waals surface area contributed by atoms with Gasteiger partial charge >= 0.3 is 6.16 Å². The van der Waals surface area contributed by atoms with Gasteiger partial charge in [-0.25, -0.2) is 9.78 Å². The van der Waals surface area contributed by atoms with Gasteiger partial charge in [0.05, 0.1) is 17.6 Å². The summed E-state index contributed by atoms with van der Waals surface area (Å²) in [7, 11) is -0.657. The lowest BCUT2D eigenvalue weighted by atomic mass is 9.99. The first kappa shape index (κ1) is 29.6. The molecule has 4 rings (SSSR count). The third kappa shape index (κ3) is 5.74. The van der Waals surface area contributed by atoms with Gasteiger partial charge in [-0.3, -0.25) is 4.79 Å². The van der Waals surface area contributed by atoms with Gasteiger partial charge < -0.3 is 33.5 Å². The van der Waals surface area contributed by atoms with Gasteiger partial charge in [-0.15, -0.1) is 6.42 Å². The molecule has 1 aliphatic rings. The molecule has 0 radical (unpaired) electrons. The third-order valence-corrected chi connectivity index (χ3v) is 12.3. The predicted molar refractivity (Wildman–Crippen MR) is 153 cm³/mol. The van der Waals surface area contributed by atoms with Crippen LogP contribution in [0.3, 0.4) is 0 Å². The number of nitrogens with zero attached hydrogens (tertiary/aromatic N) is 4. The first-order valence-electron chi connectivity index (χ1n) is 12.7. The number of nitrogen functional groups attached to an aromatic ring is 1. The number of halogens is 1. The Morgan fingerprint density at radius 3 is 2.73 bits per heavy atom. The molecular weight excluding hydrogens is 554 g/mol. The molecule has 3 aromatic heterocycles. The summed E-state index contributed by atoms with van der Waals surface area (Å²) in [5.41, 5.74) is 5.08. The Morgan fingerprint density at radius 1 is 1.32 bits per heavy atom. The van der Waals surface area contributed by atoms with Gasteiger partial charge in [0.1, 0.15) is 24.3 Å². The van der Waals surface area contributed by atoms with Crippen molar-refractivity contribution in [3.63, 3.8) is 0 Å². The maximum atomic E-state index is 12.9.